The zero-order valence-corrected chi connectivity index (χ0v) is 58.1. The first-order valence-corrected chi connectivity index (χ1v) is 34.9. The van der Waals surface area contributed by atoms with E-state index in [-0.39, 0.29) is 11.4 Å². The Bertz CT molecular complexity index is 5280. The monoisotopic (exact) mass is 1360 g/mol. The van der Waals surface area contributed by atoms with Crippen LogP contribution in [0.1, 0.15) is 89.0 Å². The summed E-state index contributed by atoms with van der Waals surface area (Å²) in [5, 5.41) is 0. The summed E-state index contributed by atoms with van der Waals surface area (Å²) in [5.74, 6) is -1.38. The Labute approximate surface area is 605 Å². The van der Waals surface area contributed by atoms with Gasteiger partial charge in [0.1, 0.15) is 48.0 Å². The summed E-state index contributed by atoms with van der Waals surface area (Å²) in [4.78, 5) is 3.71. The van der Waals surface area contributed by atoms with Crippen LogP contribution in [0, 0.1) is 51.0 Å². The van der Waals surface area contributed by atoms with Gasteiger partial charge in [0.2, 0.25) is 0 Å². The molecule has 16 rings (SSSR count). The highest BCUT2D eigenvalue weighted by molar-refractivity contribution is 5.92. The maximum Gasteiger partial charge on any atom is 0.150 e. The standard InChI is InChI=1S/C96H72F4N2O2/c1-7-65-21-25-67(26-22-65)59-103-79-45-33-71(34-46-79)95(87-53-61(3)17-19-63(87)5)85-15-11-9-13-81(85)83-49-43-77(57-89(83)95)101(93-51-37-73(97)55-91(93)99)75-39-29-69(30-40-75)70-31-41-76(42-32-70)102(94-52-38-74(98)56-92(94)100)78-44-50-84-82-14-10-12-16-86(82)96(90(84)58-78,88-54-62(4)18-20-64(88)6)72-35-47-80(48-36-72)104-60-68-27-23-66(8-2)24-28-68/h7-58H,1-2,59-60H2,3-6H3. The molecule has 2 unspecified atom stereocenters. The number of aryl methyl sites for hydroxylation is 4. The third-order valence-electron chi connectivity index (χ3n) is 20.9. The summed E-state index contributed by atoms with van der Waals surface area (Å²) in [6.07, 6.45) is 3.65. The maximum atomic E-state index is 16.8. The largest absolute Gasteiger partial charge is 0.489 e. The second-order valence-corrected chi connectivity index (χ2v) is 27.2. The van der Waals surface area contributed by atoms with Crippen molar-refractivity contribution in [3.05, 3.63) is 429 Å². The second kappa shape index (κ2) is 27.1. The minimum atomic E-state index is -0.848. The van der Waals surface area contributed by atoms with Gasteiger partial charge in [0, 0.05) is 34.9 Å². The van der Waals surface area contributed by atoms with Gasteiger partial charge in [-0.3, -0.25) is 0 Å². The first-order valence-electron chi connectivity index (χ1n) is 34.9. The molecule has 0 radical (unpaired) electrons. The van der Waals surface area contributed by atoms with Crippen molar-refractivity contribution in [1.82, 2.24) is 0 Å². The minimum absolute atomic E-state index is 0.164. The van der Waals surface area contributed by atoms with Gasteiger partial charge < -0.3 is 19.3 Å². The van der Waals surface area contributed by atoms with Crippen LogP contribution in [0.5, 0.6) is 11.5 Å². The van der Waals surface area contributed by atoms with Gasteiger partial charge in [0.15, 0.2) is 0 Å². The lowest BCUT2D eigenvalue weighted by atomic mass is 9.66. The maximum absolute atomic E-state index is 16.8. The molecular formula is C96H72F4N2O2. The smallest absolute Gasteiger partial charge is 0.150 e. The van der Waals surface area contributed by atoms with Crippen LogP contribution in [0.3, 0.4) is 0 Å². The van der Waals surface area contributed by atoms with Crippen LogP contribution in [0.4, 0.5) is 51.7 Å². The molecule has 14 aromatic carbocycles. The zero-order chi connectivity index (χ0) is 71.4. The van der Waals surface area contributed by atoms with Gasteiger partial charge >= 0.3 is 0 Å². The lowest BCUT2D eigenvalue weighted by Crippen LogP contribution is -2.30. The van der Waals surface area contributed by atoms with Crippen molar-refractivity contribution < 1.29 is 27.0 Å². The van der Waals surface area contributed by atoms with E-state index in [2.05, 4.69) is 174 Å². The Kier molecular flexibility index (Phi) is 17.2. The average Bonchev–Trinajstić information content (AvgIpc) is 1.53. The number of hydrogen-bond acceptors (Lipinski definition) is 4. The van der Waals surface area contributed by atoms with Crippen molar-refractivity contribution >= 4 is 46.3 Å². The predicted octanol–water partition coefficient (Wildman–Crippen LogP) is 25.3. The zero-order valence-electron chi connectivity index (χ0n) is 58.1. The lowest BCUT2D eigenvalue weighted by molar-refractivity contribution is 0.306. The molecule has 506 valence electrons. The molecule has 0 aromatic heterocycles. The molecule has 0 saturated carbocycles. The molecule has 4 nitrogen and oxygen atoms in total. The summed E-state index contributed by atoms with van der Waals surface area (Å²) in [7, 11) is 0. The fourth-order valence-corrected chi connectivity index (χ4v) is 15.8. The Morgan fingerprint density at radius 1 is 0.327 bits per heavy atom. The second-order valence-electron chi connectivity index (χ2n) is 27.2. The number of nitrogens with zero attached hydrogens (tertiary/aromatic N) is 2. The van der Waals surface area contributed by atoms with Gasteiger partial charge in [0.05, 0.1) is 22.2 Å². The van der Waals surface area contributed by atoms with Crippen LogP contribution in [-0.4, -0.2) is 0 Å². The van der Waals surface area contributed by atoms with E-state index in [0.717, 1.165) is 146 Å². The highest BCUT2D eigenvalue weighted by atomic mass is 19.1. The molecule has 0 spiro atoms. The van der Waals surface area contributed by atoms with E-state index in [1.54, 1.807) is 0 Å². The van der Waals surface area contributed by atoms with Crippen molar-refractivity contribution in [2.45, 2.75) is 51.7 Å². The van der Waals surface area contributed by atoms with Gasteiger partial charge in [-0.05, 0) is 236 Å². The molecule has 0 aliphatic heterocycles. The van der Waals surface area contributed by atoms with Crippen LogP contribution in [0.15, 0.2) is 316 Å². The quantitative estimate of drug-likeness (QED) is 0.0754. The van der Waals surface area contributed by atoms with Crippen molar-refractivity contribution in [1.29, 1.82) is 0 Å². The van der Waals surface area contributed by atoms with Crippen LogP contribution >= 0.6 is 0 Å². The highest BCUT2D eigenvalue weighted by Gasteiger charge is 2.49. The van der Waals surface area contributed by atoms with E-state index in [1.807, 2.05) is 155 Å². The molecule has 8 heteroatoms. The van der Waals surface area contributed by atoms with E-state index in [4.69, 9.17) is 9.47 Å². The molecule has 2 atom stereocenters. The van der Waals surface area contributed by atoms with Gasteiger partial charge in [-0.2, -0.15) is 0 Å². The van der Waals surface area contributed by atoms with Crippen LogP contribution in [-0.2, 0) is 24.0 Å². The van der Waals surface area contributed by atoms with Crippen LogP contribution in [0.2, 0.25) is 0 Å². The molecule has 0 bridgehead atoms. The van der Waals surface area contributed by atoms with E-state index >= 15 is 17.6 Å². The number of halogens is 4. The fourth-order valence-electron chi connectivity index (χ4n) is 15.8. The number of fused-ring (bicyclic) bond motifs is 6. The average molecular weight is 1360 g/mol. The number of anilines is 6. The highest BCUT2D eigenvalue weighted by Crippen LogP contribution is 2.60. The number of ether oxygens (including phenoxy) is 2. The molecule has 0 N–H and O–H groups in total. The molecule has 0 amide bonds. The fraction of sp³-hybridized carbons (Fsp3) is 0.0833. The SMILES string of the molecule is C=Cc1ccc(COc2ccc(C3(c4cc(C)ccc4C)c4ccccc4-c4ccc(N(c5ccc(-c6ccc(N(c7ccc8c(c7)C(c7ccc(OCc9ccc(C=C)cc9)cc7)(c7cc(C)ccc7C)c7ccccc7-8)c7ccc(F)cc7F)cc6)cc5)c5ccc(F)cc5F)cc43)cc2)cc1. The van der Waals surface area contributed by atoms with Crippen molar-refractivity contribution in [2.24, 2.45) is 0 Å². The van der Waals surface area contributed by atoms with Crippen molar-refractivity contribution in [3.8, 4) is 44.9 Å². The van der Waals surface area contributed by atoms with Crippen molar-refractivity contribution in [2.75, 3.05) is 9.80 Å². The molecule has 0 fully saturated rings. The summed E-state index contributed by atoms with van der Waals surface area (Å²) in [6.45, 7) is 17.1. The van der Waals surface area contributed by atoms with Gasteiger partial charge in [0.25, 0.3) is 0 Å². The Hall–Kier alpha value is -12.5. The number of hydrogen-bond donors (Lipinski definition) is 0. The van der Waals surface area contributed by atoms with Crippen molar-refractivity contribution in [3.63, 3.8) is 0 Å². The van der Waals surface area contributed by atoms with Crippen LogP contribution < -0.4 is 19.3 Å². The normalized spacial score (nSPS) is 14.6. The van der Waals surface area contributed by atoms with Gasteiger partial charge in [-0.1, -0.05) is 231 Å². The first kappa shape index (κ1) is 66.1. The van der Waals surface area contributed by atoms with E-state index in [9.17, 15) is 0 Å². The number of rotatable bonds is 19. The van der Waals surface area contributed by atoms with Gasteiger partial charge in [-0.25, -0.2) is 17.6 Å². The lowest BCUT2D eigenvalue weighted by Gasteiger charge is -2.36. The topological polar surface area (TPSA) is 24.9 Å². The summed E-state index contributed by atoms with van der Waals surface area (Å²) < 4.78 is 76.7. The molecule has 2 aliphatic rings. The Morgan fingerprint density at radius 3 is 1.07 bits per heavy atom. The summed E-state index contributed by atoms with van der Waals surface area (Å²) in [5.41, 5.74) is 24.2. The molecule has 0 heterocycles. The van der Waals surface area contributed by atoms with Crippen LogP contribution in [0.25, 0.3) is 45.5 Å². The third kappa shape index (κ3) is 11.6. The molecule has 2 aliphatic carbocycles. The van der Waals surface area contributed by atoms with E-state index in [1.165, 1.54) is 24.3 Å². The molecule has 14 aromatic rings. The Balaban J connectivity index is 0.773. The van der Waals surface area contributed by atoms with Gasteiger partial charge in [-0.15, -0.1) is 0 Å². The predicted molar refractivity (Wildman–Crippen MR) is 416 cm³/mol. The van der Waals surface area contributed by atoms with E-state index < -0.39 is 34.1 Å². The molecule has 104 heavy (non-hydrogen) atoms. The molecule has 0 saturated heterocycles. The summed E-state index contributed by atoms with van der Waals surface area (Å²) in [6, 6.07) is 99.2. The minimum Gasteiger partial charge on any atom is -0.489 e. The van der Waals surface area contributed by atoms with E-state index in [0.29, 0.717) is 36.0 Å². The molecular weight excluding hydrogens is 1290 g/mol. The number of benzene rings is 14. The first-order chi connectivity index (χ1) is 50.7. The Morgan fingerprint density at radius 2 is 0.692 bits per heavy atom. The third-order valence-corrected chi connectivity index (χ3v) is 20.9. The summed E-state index contributed by atoms with van der Waals surface area (Å²) >= 11 is 0.